The molecule has 0 amide bonds. The third kappa shape index (κ3) is 4.92. The number of aromatic nitrogens is 3. The van der Waals surface area contributed by atoms with Gasteiger partial charge in [0.2, 0.25) is 0 Å². The minimum Gasteiger partial charge on any atom is -0.356 e. The molecule has 1 unspecified atom stereocenters. The molecule has 2 N–H and O–H groups in total. The van der Waals surface area contributed by atoms with Gasteiger partial charge in [0.15, 0.2) is 17.4 Å². The maximum absolute atomic E-state index is 4.31. The molecule has 3 rings (SSSR count). The van der Waals surface area contributed by atoms with Gasteiger partial charge in [-0.1, -0.05) is 19.4 Å². The summed E-state index contributed by atoms with van der Waals surface area (Å²) in [6.45, 7) is 7.44. The monoisotopic (exact) mass is 343 g/mol. The second kappa shape index (κ2) is 8.80. The van der Waals surface area contributed by atoms with Crippen LogP contribution in [0, 0.1) is 5.92 Å². The summed E-state index contributed by atoms with van der Waals surface area (Å²) in [6.07, 6.45) is 6.05. The number of nitrogens with zero attached hydrogens (tertiary/aromatic N) is 5. The molecular formula is C18H29N7. The first-order valence-electron chi connectivity index (χ1n) is 9.22. The van der Waals surface area contributed by atoms with Crippen LogP contribution in [0.1, 0.15) is 32.0 Å². The van der Waals surface area contributed by atoms with E-state index >= 15 is 0 Å². The third-order valence-corrected chi connectivity index (χ3v) is 4.66. The fourth-order valence-electron chi connectivity index (χ4n) is 3.31. The molecule has 0 bridgehead atoms. The van der Waals surface area contributed by atoms with Crippen molar-refractivity contribution in [2.45, 2.75) is 32.7 Å². The summed E-state index contributed by atoms with van der Waals surface area (Å²) >= 11 is 0. The van der Waals surface area contributed by atoms with E-state index in [-0.39, 0.29) is 0 Å². The Kier molecular flexibility index (Phi) is 6.22. The van der Waals surface area contributed by atoms with Crippen LogP contribution in [0.2, 0.25) is 0 Å². The van der Waals surface area contributed by atoms with Crippen molar-refractivity contribution in [2.24, 2.45) is 10.9 Å². The molecule has 25 heavy (non-hydrogen) atoms. The van der Waals surface area contributed by atoms with E-state index in [1.54, 1.807) is 7.05 Å². The zero-order chi connectivity index (χ0) is 17.5. The maximum atomic E-state index is 4.31. The number of hydrogen-bond acceptors (Lipinski definition) is 4. The Bertz CT molecular complexity index is 688. The maximum Gasteiger partial charge on any atom is 0.191 e. The van der Waals surface area contributed by atoms with Crippen molar-refractivity contribution in [2.75, 3.05) is 33.2 Å². The van der Waals surface area contributed by atoms with Crippen LogP contribution in [-0.2, 0) is 6.54 Å². The van der Waals surface area contributed by atoms with Crippen LogP contribution in [0.5, 0.6) is 0 Å². The molecule has 0 saturated carbocycles. The van der Waals surface area contributed by atoms with E-state index < -0.39 is 0 Å². The molecule has 0 radical (unpaired) electrons. The molecule has 1 saturated heterocycles. The van der Waals surface area contributed by atoms with Crippen LogP contribution >= 0.6 is 0 Å². The van der Waals surface area contributed by atoms with Crippen molar-refractivity contribution in [3.63, 3.8) is 0 Å². The smallest absolute Gasteiger partial charge is 0.191 e. The molecule has 7 nitrogen and oxygen atoms in total. The molecule has 1 aliphatic rings. The Hall–Kier alpha value is -2.15. The summed E-state index contributed by atoms with van der Waals surface area (Å²) in [7, 11) is 1.80. The minimum absolute atomic E-state index is 0.588. The van der Waals surface area contributed by atoms with Crippen molar-refractivity contribution in [1.82, 2.24) is 30.1 Å². The van der Waals surface area contributed by atoms with E-state index in [4.69, 9.17) is 0 Å². The molecule has 2 aromatic rings. The number of guanidine groups is 1. The van der Waals surface area contributed by atoms with Crippen molar-refractivity contribution in [3.8, 4) is 0 Å². The van der Waals surface area contributed by atoms with Crippen molar-refractivity contribution in [1.29, 1.82) is 0 Å². The van der Waals surface area contributed by atoms with E-state index in [1.807, 2.05) is 28.8 Å². The fourth-order valence-corrected chi connectivity index (χ4v) is 3.31. The lowest BCUT2D eigenvalue weighted by Gasteiger charge is -2.29. The molecule has 1 atom stereocenters. The Morgan fingerprint density at radius 3 is 2.84 bits per heavy atom. The van der Waals surface area contributed by atoms with E-state index in [1.165, 1.54) is 32.4 Å². The number of aliphatic imine (C=N–C) groups is 1. The van der Waals surface area contributed by atoms with Crippen molar-refractivity contribution >= 4 is 11.6 Å². The Morgan fingerprint density at radius 2 is 2.04 bits per heavy atom. The van der Waals surface area contributed by atoms with Gasteiger partial charge in [-0.15, -0.1) is 10.2 Å². The molecule has 1 aliphatic heterocycles. The Labute approximate surface area is 149 Å². The molecule has 0 aromatic carbocycles. The Morgan fingerprint density at radius 1 is 1.20 bits per heavy atom. The average molecular weight is 343 g/mol. The molecular weight excluding hydrogens is 314 g/mol. The summed E-state index contributed by atoms with van der Waals surface area (Å²) in [6, 6.07) is 5.90. The van der Waals surface area contributed by atoms with E-state index in [9.17, 15) is 0 Å². The lowest BCUT2D eigenvalue weighted by molar-refractivity contribution is 0.201. The van der Waals surface area contributed by atoms with Gasteiger partial charge in [0, 0.05) is 26.3 Å². The van der Waals surface area contributed by atoms with Crippen molar-refractivity contribution < 1.29 is 0 Å². The lowest BCUT2D eigenvalue weighted by Crippen LogP contribution is -2.42. The number of hydrogen-bond donors (Lipinski definition) is 2. The highest BCUT2D eigenvalue weighted by molar-refractivity contribution is 5.79. The number of piperidine rings is 1. The van der Waals surface area contributed by atoms with Gasteiger partial charge in [0.1, 0.15) is 0 Å². The topological polar surface area (TPSA) is 69.8 Å². The molecule has 7 heteroatoms. The first kappa shape index (κ1) is 17.7. The number of pyridine rings is 1. The number of rotatable bonds is 6. The number of nitrogens with one attached hydrogen (secondary N) is 2. The second-order valence-corrected chi connectivity index (χ2v) is 6.82. The highest BCUT2D eigenvalue weighted by Gasteiger charge is 2.14. The third-order valence-electron chi connectivity index (χ3n) is 4.66. The minimum atomic E-state index is 0.588. The summed E-state index contributed by atoms with van der Waals surface area (Å²) in [5.41, 5.74) is 0.859. The van der Waals surface area contributed by atoms with Gasteiger partial charge in [-0.25, -0.2) is 0 Å². The first-order chi connectivity index (χ1) is 12.3. The Balaban J connectivity index is 1.44. The molecule has 0 spiro atoms. The summed E-state index contributed by atoms with van der Waals surface area (Å²) in [5.74, 6) is 2.27. The second-order valence-electron chi connectivity index (χ2n) is 6.82. The highest BCUT2D eigenvalue weighted by Crippen LogP contribution is 2.10. The molecule has 136 valence electrons. The van der Waals surface area contributed by atoms with Crippen LogP contribution in [-0.4, -0.2) is 58.7 Å². The summed E-state index contributed by atoms with van der Waals surface area (Å²) < 4.78 is 1.99. The van der Waals surface area contributed by atoms with E-state index in [0.29, 0.717) is 12.5 Å². The molecule has 3 heterocycles. The van der Waals surface area contributed by atoms with Gasteiger partial charge in [-0.2, -0.15) is 0 Å². The first-order valence-corrected chi connectivity index (χ1v) is 9.22. The van der Waals surface area contributed by atoms with Gasteiger partial charge in [0.05, 0.1) is 6.54 Å². The van der Waals surface area contributed by atoms with Crippen LogP contribution in [0.25, 0.3) is 5.65 Å². The zero-order valence-electron chi connectivity index (χ0n) is 15.3. The quantitative estimate of drug-likeness (QED) is 0.615. The lowest BCUT2D eigenvalue weighted by atomic mass is 10.1. The number of fused-ring (bicyclic) bond motifs is 1. The van der Waals surface area contributed by atoms with E-state index in [0.717, 1.165) is 30.5 Å². The predicted octanol–water partition coefficient (Wildman–Crippen LogP) is 1.52. The SMILES string of the molecule is CN=C(NCc1nnc2ccccn12)NCC(C)CN1CCCCC1. The predicted molar refractivity (Wildman–Crippen MR) is 101 cm³/mol. The van der Waals surface area contributed by atoms with Crippen molar-refractivity contribution in [3.05, 3.63) is 30.2 Å². The van der Waals surface area contributed by atoms with Gasteiger partial charge >= 0.3 is 0 Å². The van der Waals surface area contributed by atoms with Crippen LogP contribution < -0.4 is 10.6 Å². The summed E-state index contributed by atoms with van der Waals surface area (Å²) in [5, 5.41) is 15.2. The van der Waals surface area contributed by atoms with E-state index in [2.05, 4.69) is 37.6 Å². The number of likely N-dealkylation sites (tertiary alicyclic amines) is 1. The largest absolute Gasteiger partial charge is 0.356 e. The standard InChI is InChI=1S/C18H29N7/c1-15(14-24-9-5-3-6-10-24)12-20-18(19-2)21-13-17-23-22-16-8-4-7-11-25(16)17/h4,7-8,11,15H,3,5-6,9-10,12-14H2,1-2H3,(H2,19,20,21). The highest BCUT2D eigenvalue weighted by atomic mass is 15.3. The van der Waals surface area contributed by atoms with Gasteiger partial charge in [-0.3, -0.25) is 9.39 Å². The molecule has 1 fully saturated rings. The molecule has 0 aliphatic carbocycles. The van der Waals surface area contributed by atoms with Crippen LogP contribution in [0.3, 0.4) is 0 Å². The van der Waals surface area contributed by atoms with Crippen LogP contribution in [0.4, 0.5) is 0 Å². The van der Waals surface area contributed by atoms with Crippen LogP contribution in [0.15, 0.2) is 29.4 Å². The van der Waals surface area contributed by atoms with Gasteiger partial charge < -0.3 is 15.5 Å². The van der Waals surface area contributed by atoms with Gasteiger partial charge in [0.25, 0.3) is 0 Å². The van der Waals surface area contributed by atoms with Gasteiger partial charge in [-0.05, 0) is 44.0 Å². The normalized spacial score (nSPS) is 17.6. The zero-order valence-corrected chi connectivity index (χ0v) is 15.3. The average Bonchev–Trinajstić information content (AvgIpc) is 3.06. The summed E-state index contributed by atoms with van der Waals surface area (Å²) in [4.78, 5) is 6.89. The molecule has 2 aromatic heterocycles. The fraction of sp³-hybridized carbons (Fsp3) is 0.611.